The summed E-state index contributed by atoms with van der Waals surface area (Å²) in [5.74, 6) is 1.27. The number of ether oxygens (including phenoxy) is 3. The fraction of sp³-hybridized carbons (Fsp3) is 0.500. The normalized spacial score (nSPS) is 11.7. The van der Waals surface area contributed by atoms with Crippen LogP contribution in [0, 0.1) is 0 Å². The van der Waals surface area contributed by atoms with Crippen molar-refractivity contribution in [1.82, 2.24) is 0 Å². The van der Waals surface area contributed by atoms with Gasteiger partial charge in [-0.15, -0.1) is 0 Å². The fourth-order valence-electron chi connectivity index (χ4n) is 1.79. The maximum atomic E-state index is 12.0. The van der Waals surface area contributed by atoms with E-state index in [1.807, 2.05) is 6.92 Å². The van der Waals surface area contributed by atoms with E-state index in [0.717, 1.165) is 6.42 Å². The lowest BCUT2D eigenvalue weighted by molar-refractivity contribution is -0.117. The molecular formula is C14H22N2O4. The molecular weight excluding hydrogens is 260 g/mol. The first-order valence-corrected chi connectivity index (χ1v) is 6.43. The molecule has 0 saturated carbocycles. The van der Waals surface area contributed by atoms with Crippen molar-refractivity contribution in [2.45, 2.75) is 25.8 Å². The van der Waals surface area contributed by atoms with E-state index in [2.05, 4.69) is 5.32 Å². The summed E-state index contributed by atoms with van der Waals surface area (Å²) in [5, 5.41) is 2.75. The van der Waals surface area contributed by atoms with Gasteiger partial charge in [-0.05, 0) is 6.42 Å². The quantitative estimate of drug-likeness (QED) is 0.796. The first-order chi connectivity index (χ1) is 9.57. The minimum Gasteiger partial charge on any atom is -0.494 e. The van der Waals surface area contributed by atoms with Crippen molar-refractivity contribution in [2.75, 3.05) is 26.6 Å². The Hall–Kier alpha value is -1.95. The van der Waals surface area contributed by atoms with E-state index < -0.39 is 6.04 Å². The van der Waals surface area contributed by atoms with E-state index in [1.54, 1.807) is 12.1 Å². The van der Waals surface area contributed by atoms with Crippen molar-refractivity contribution in [3.8, 4) is 17.2 Å². The van der Waals surface area contributed by atoms with Crippen LogP contribution in [-0.4, -0.2) is 33.3 Å². The van der Waals surface area contributed by atoms with Crippen LogP contribution in [0.2, 0.25) is 0 Å². The van der Waals surface area contributed by atoms with E-state index in [1.165, 1.54) is 21.3 Å². The molecule has 1 aromatic rings. The molecule has 1 amide bonds. The zero-order chi connectivity index (χ0) is 15.1. The molecule has 0 aliphatic rings. The van der Waals surface area contributed by atoms with Gasteiger partial charge in [0.25, 0.3) is 0 Å². The summed E-state index contributed by atoms with van der Waals surface area (Å²) >= 11 is 0. The molecule has 0 bridgehead atoms. The van der Waals surface area contributed by atoms with Gasteiger partial charge in [-0.3, -0.25) is 4.79 Å². The zero-order valence-corrected chi connectivity index (χ0v) is 12.4. The fourth-order valence-corrected chi connectivity index (χ4v) is 1.79. The molecule has 6 heteroatoms. The minimum absolute atomic E-state index is 0.252. The molecule has 20 heavy (non-hydrogen) atoms. The van der Waals surface area contributed by atoms with Gasteiger partial charge in [0.15, 0.2) is 11.5 Å². The number of nitrogens with one attached hydrogen (secondary N) is 1. The lowest BCUT2D eigenvalue weighted by Crippen LogP contribution is -2.35. The molecule has 0 aliphatic heterocycles. The zero-order valence-electron chi connectivity index (χ0n) is 12.4. The number of hydrogen-bond donors (Lipinski definition) is 2. The van der Waals surface area contributed by atoms with Gasteiger partial charge in [-0.2, -0.15) is 0 Å². The average molecular weight is 282 g/mol. The number of nitrogens with two attached hydrogens (primary N) is 1. The lowest BCUT2D eigenvalue weighted by atomic mass is 10.1. The van der Waals surface area contributed by atoms with Crippen LogP contribution in [0.15, 0.2) is 12.1 Å². The molecule has 0 aromatic heterocycles. The second kappa shape index (κ2) is 7.59. The van der Waals surface area contributed by atoms with Gasteiger partial charge in [0.05, 0.1) is 33.1 Å². The second-order valence-electron chi connectivity index (χ2n) is 4.29. The summed E-state index contributed by atoms with van der Waals surface area (Å²) in [6.45, 7) is 1.98. The van der Waals surface area contributed by atoms with Crippen LogP contribution >= 0.6 is 0 Å². The summed E-state index contributed by atoms with van der Waals surface area (Å²) < 4.78 is 15.6. The van der Waals surface area contributed by atoms with Crippen LogP contribution < -0.4 is 25.3 Å². The molecule has 6 nitrogen and oxygen atoms in total. The predicted molar refractivity (Wildman–Crippen MR) is 77.6 cm³/mol. The molecule has 0 heterocycles. The average Bonchev–Trinajstić information content (AvgIpc) is 2.46. The van der Waals surface area contributed by atoms with E-state index in [9.17, 15) is 4.79 Å². The Kier molecular flexibility index (Phi) is 6.11. The molecule has 0 radical (unpaired) electrons. The van der Waals surface area contributed by atoms with Crippen LogP contribution in [-0.2, 0) is 4.79 Å². The van der Waals surface area contributed by atoms with E-state index in [0.29, 0.717) is 29.4 Å². The topological polar surface area (TPSA) is 82.8 Å². The van der Waals surface area contributed by atoms with Crippen molar-refractivity contribution in [3.63, 3.8) is 0 Å². The van der Waals surface area contributed by atoms with E-state index >= 15 is 0 Å². The molecule has 0 aliphatic carbocycles. The number of anilines is 1. The Morgan fingerprint density at radius 2 is 1.70 bits per heavy atom. The number of carbonyl (C=O) groups excluding carboxylic acids is 1. The van der Waals surface area contributed by atoms with Crippen LogP contribution in [0.25, 0.3) is 0 Å². The number of methoxy groups -OCH3 is 3. The van der Waals surface area contributed by atoms with Crippen molar-refractivity contribution >= 4 is 11.6 Å². The van der Waals surface area contributed by atoms with Gasteiger partial charge in [0, 0.05) is 12.1 Å². The van der Waals surface area contributed by atoms with Crippen LogP contribution in [0.5, 0.6) is 17.2 Å². The highest BCUT2D eigenvalue weighted by molar-refractivity contribution is 5.96. The van der Waals surface area contributed by atoms with Crippen LogP contribution in [0.4, 0.5) is 5.69 Å². The maximum absolute atomic E-state index is 12.0. The standard InChI is InChI=1S/C14H22N2O4/c1-5-6-9(15)14(17)16-10-7-12(19-3)13(20-4)8-11(10)18-2/h7-9H,5-6,15H2,1-4H3,(H,16,17). The molecule has 1 aromatic carbocycles. The largest absolute Gasteiger partial charge is 0.494 e. The highest BCUT2D eigenvalue weighted by Gasteiger charge is 2.17. The number of benzene rings is 1. The molecule has 0 spiro atoms. The Balaban J connectivity index is 3.01. The third kappa shape index (κ3) is 3.77. The van der Waals surface area contributed by atoms with E-state index in [-0.39, 0.29) is 5.91 Å². The summed E-state index contributed by atoms with van der Waals surface area (Å²) in [6, 6.07) is 2.76. The summed E-state index contributed by atoms with van der Waals surface area (Å²) in [4.78, 5) is 12.0. The Labute approximate surface area is 119 Å². The summed E-state index contributed by atoms with van der Waals surface area (Å²) in [7, 11) is 4.58. The Bertz CT molecular complexity index is 463. The van der Waals surface area contributed by atoms with Crippen LogP contribution in [0.3, 0.4) is 0 Å². The SMILES string of the molecule is CCCC(N)C(=O)Nc1cc(OC)c(OC)cc1OC. The molecule has 0 saturated heterocycles. The Morgan fingerprint density at radius 1 is 1.15 bits per heavy atom. The van der Waals surface area contributed by atoms with Crippen LogP contribution in [0.1, 0.15) is 19.8 Å². The molecule has 1 unspecified atom stereocenters. The Morgan fingerprint density at radius 3 is 2.20 bits per heavy atom. The number of rotatable bonds is 7. The smallest absolute Gasteiger partial charge is 0.241 e. The van der Waals surface area contributed by atoms with E-state index in [4.69, 9.17) is 19.9 Å². The van der Waals surface area contributed by atoms with Gasteiger partial charge < -0.3 is 25.3 Å². The third-order valence-corrected chi connectivity index (χ3v) is 2.90. The first-order valence-electron chi connectivity index (χ1n) is 6.43. The number of hydrogen-bond acceptors (Lipinski definition) is 5. The lowest BCUT2D eigenvalue weighted by Gasteiger charge is -2.16. The van der Waals surface area contributed by atoms with Crippen molar-refractivity contribution in [1.29, 1.82) is 0 Å². The number of amides is 1. The van der Waals surface area contributed by atoms with Crippen molar-refractivity contribution < 1.29 is 19.0 Å². The minimum atomic E-state index is -0.544. The molecule has 112 valence electrons. The van der Waals surface area contributed by atoms with Crippen molar-refractivity contribution in [3.05, 3.63) is 12.1 Å². The van der Waals surface area contributed by atoms with Gasteiger partial charge in [0.2, 0.25) is 5.91 Å². The van der Waals surface area contributed by atoms with Gasteiger partial charge in [0.1, 0.15) is 5.75 Å². The van der Waals surface area contributed by atoms with Gasteiger partial charge >= 0.3 is 0 Å². The molecule has 3 N–H and O–H groups in total. The van der Waals surface area contributed by atoms with Gasteiger partial charge in [-0.25, -0.2) is 0 Å². The third-order valence-electron chi connectivity index (χ3n) is 2.90. The second-order valence-corrected chi connectivity index (χ2v) is 4.29. The summed E-state index contributed by atoms with van der Waals surface area (Å²) in [6.07, 6.45) is 1.47. The number of carbonyl (C=O) groups is 1. The van der Waals surface area contributed by atoms with Gasteiger partial charge in [-0.1, -0.05) is 13.3 Å². The maximum Gasteiger partial charge on any atom is 0.241 e. The first kappa shape index (κ1) is 16.1. The monoisotopic (exact) mass is 282 g/mol. The highest BCUT2D eigenvalue weighted by atomic mass is 16.5. The van der Waals surface area contributed by atoms with Crippen molar-refractivity contribution in [2.24, 2.45) is 5.73 Å². The molecule has 0 fully saturated rings. The molecule has 1 rings (SSSR count). The highest BCUT2D eigenvalue weighted by Crippen LogP contribution is 2.37. The molecule has 1 atom stereocenters. The summed E-state index contributed by atoms with van der Waals surface area (Å²) in [5.41, 5.74) is 6.29. The predicted octanol–water partition coefficient (Wildman–Crippen LogP) is 1.78.